The van der Waals surface area contributed by atoms with Crippen LogP contribution >= 0.6 is 0 Å². The van der Waals surface area contributed by atoms with Gasteiger partial charge in [0.2, 0.25) is 5.78 Å². The molecule has 0 aliphatic rings. The van der Waals surface area contributed by atoms with Gasteiger partial charge in [0, 0.05) is 17.3 Å². The summed E-state index contributed by atoms with van der Waals surface area (Å²) in [7, 11) is 1.58. The first-order chi connectivity index (χ1) is 12.3. The van der Waals surface area contributed by atoms with Gasteiger partial charge in [-0.05, 0) is 50.1 Å². The maximum Gasteiger partial charge on any atom is 0.331 e. The van der Waals surface area contributed by atoms with Crippen molar-refractivity contribution in [2.24, 2.45) is 0 Å². The minimum absolute atomic E-state index is 0.116. The monoisotopic (exact) mass is 355 g/mol. The predicted molar refractivity (Wildman–Crippen MR) is 97.6 cm³/mol. The first-order valence-corrected chi connectivity index (χ1v) is 8.05. The summed E-state index contributed by atoms with van der Waals surface area (Å²) in [6.07, 6.45) is 2.84. The molecule has 26 heavy (non-hydrogen) atoms. The second kappa shape index (κ2) is 8.29. The molecule has 2 aromatic rings. The van der Waals surface area contributed by atoms with Gasteiger partial charge in [0.05, 0.1) is 12.8 Å². The standard InChI is InChI=1S/C20H21NO5/c1-12-19(14(3)22)13(2)21-20(12)17(23)11-26-18(24)10-7-15-5-8-16(25-4)9-6-15/h5-10,21H,11H2,1-4H3/b10-7+. The van der Waals surface area contributed by atoms with Crippen molar-refractivity contribution in [2.45, 2.75) is 20.8 Å². The molecule has 0 fully saturated rings. The number of hydrogen-bond donors (Lipinski definition) is 1. The van der Waals surface area contributed by atoms with Gasteiger partial charge in [0.25, 0.3) is 0 Å². The van der Waals surface area contributed by atoms with Crippen molar-refractivity contribution >= 4 is 23.6 Å². The number of hydrogen-bond acceptors (Lipinski definition) is 5. The third-order valence-electron chi connectivity index (χ3n) is 3.94. The van der Waals surface area contributed by atoms with Crippen molar-refractivity contribution in [2.75, 3.05) is 13.7 Å². The molecule has 0 atom stereocenters. The summed E-state index contributed by atoms with van der Waals surface area (Å²) in [5.41, 5.74) is 2.80. The summed E-state index contributed by atoms with van der Waals surface area (Å²) < 4.78 is 10.0. The Kier molecular flexibility index (Phi) is 6.11. The fourth-order valence-electron chi connectivity index (χ4n) is 2.69. The van der Waals surface area contributed by atoms with Crippen LogP contribution in [-0.2, 0) is 9.53 Å². The Morgan fingerprint density at radius 1 is 1.12 bits per heavy atom. The lowest BCUT2D eigenvalue weighted by atomic mass is 10.1. The van der Waals surface area contributed by atoms with Crippen LogP contribution in [0.2, 0.25) is 0 Å². The zero-order valence-corrected chi connectivity index (χ0v) is 15.2. The normalized spacial score (nSPS) is 10.8. The van der Waals surface area contributed by atoms with Gasteiger partial charge in [-0.2, -0.15) is 0 Å². The molecule has 136 valence electrons. The van der Waals surface area contributed by atoms with Crippen molar-refractivity contribution in [1.29, 1.82) is 0 Å². The highest BCUT2D eigenvalue weighted by Gasteiger charge is 2.20. The molecule has 1 aromatic carbocycles. The number of rotatable bonds is 7. The Hall–Kier alpha value is -3.15. The number of nitrogens with one attached hydrogen (secondary N) is 1. The van der Waals surface area contributed by atoms with Crippen LogP contribution in [0.1, 0.15) is 44.6 Å². The van der Waals surface area contributed by atoms with Gasteiger partial charge in [0.1, 0.15) is 5.75 Å². The first-order valence-electron chi connectivity index (χ1n) is 8.05. The Bertz CT molecular complexity index is 859. The number of benzene rings is 1. The molecule has 0 amide bonds. The largest absolute Gasteiger partial charge is 0.497 e. The molecule has 2 rings (SSSR count). The molecule has 0 saturated heterocycles. The van der Waals surface area contributed by atoms with E-state index in [1.165, 1.54) is 13.0 Å². The van der Waals surface area contributed by atoms with E-state index in [-0.39, 0.29) is 11.6 Å². The third-order valence-corrected chi connectivity index (χ3v) is 3.94. The molecule has 6 heteroatoms. The van der Waals surface area contributed by atoms with Gasteiger partial charge in [-0.3, -0.25) is 9.59 Å². The Morgan fingerprint density at radius 2 is 1.77 bits per heavy atom. The topological polar surface area (TPSA) is 85.5 Å². The van der Waals surface area contributed by atoms with E-state index < -0.39 is 12.6 Å². The minimum atomic E-state index is -0.623. The number of carbonyl (C=O) groups is 3. The Morgan fingerprint density at radius 3 is 2.31 bits per heavy atom. The molecule has 0 aliphatic heterocycles. The van der Waals surface area contributed by atoms with Gasteiger partial charge < -0.3 is 14.5 Å². The number of aromatic amines is 1. The molecule has 0 saturated carbocycles. The summed E-state index contributed by atoms with van der Waals surface area (Å²) in [5.74, 6) is -0.405. The van der Waals surface area contributed by atoms with Crippen molar-refractivity contribution in [1.82, 2.24) is 4.98 Å². The van der Waals surface area contributed by atoms with Crippen molar-refractivity contribution < 1.29 is 23.9 Å². The molecule has 6 nitrogen and oxygen atoms in total. The summed E-state index contributed by atoms with van der Waals surface area (Å²) >= 11 is 0. The summed E-state index contributed by atoms with van der Waals surface area (Å²) in [6, 6.07) is 7.14. The van der Waals surface area contributed by atoms with E-state index in [2.05, 4.69) is 4.98 Å². The van der Waals surface area contributed by atoms with Crippen LogP contribution in [0.25, 0.3) is 6.08 Å². The lowest BCUT2D eigenvalue weighted by Gasteiger charge is -2.02. The minimum Gasteiger partial charge on any atom is -0.497 e. The lowest BCUT2D eigenvalue weighted by molar-refractivity contribution is -0.136. The second-order valence-electron chi connectivity index (χ2n) is 5.82. The van der Waals surface area contributed by atoms with Crippen LogP contribution in [-0.4, -0.2) is 36.2 Å². The van der Waals surface area contributed by atoms with Gasteiger partial charge >= 0.3 is 5.97 Å². The van der Waals surface area contributed by atoms with Crippen LogP contribution in [0, 0.1) is 13.8 Å². The van der Waals surface area contributed by atoms with E-state index in [1.54, 1.807) is 51.3 Å². The Labute approximate surface area is 151 Å². The summed E-state index contributed by atoms with van der Waals surface area (Å²) in [6.45, 7) is 4.47. The van der Waals surface area contributed by atoms with E-state index in [4.69, 9.17) is 9.47 Å². The lowest BCUT2D eigenvalue weighted by Crippen LogP contribution is -2.14. The van der Waals surface area contributed by atoms with Crippen LogP contribution in [0.3, 0.4) is 0 Å². The van der Waals surface area contributed by atoms with Crippen LogP contribution < -0.4 is 4.74 Å². The maximum atomic E-state index is 12.2. The summed E-state index contributed by atoms with van der Waals surface area (Å²) in [4.78, 5) is 38.5. The molecule has 0 radical (unpaired) electrons. The highest BCUT2D eigenvalue weighted by atomic mass is 16.5. The molecular formula is C20H21NO5. The molecule has 1 aromatic heterocycles. The second-order valence-corrected chi connectivity index (χ2v) is 5.82. The van der Waals surface area contributed by atoms with Crippen LogP contribution in [0.15, 0.2) is 30.3 Å². The van der Waals surface area contributed by atoms with Crippen molar-refractivity contribution in [3.05, 3.63) is 58.4 Å². The van der Waals surface area contributed by atoms with E-state index in [0.29, 0.717) is 22.5 Å². The number of Topliss-reactive ketones (excluding diaryl/α,β-unsaturated/α-hetero) is 2. The van der Waals surface area contributed by atoms with Crippen LogP contribution in [0.4, 0.5) is 0 Å². The number of H-pyrrole nitrogens is 1. The zero-order chi connectivity index (χ0) is 19.3. The number of aryl methyl sites for hydroxylation is 1. The Balaban J connectivity index is 1.96. The van der Waals surface area contributed by atoms with Gasteiger partial charge in [-0.25, -0.2) is 4.79 Å². The number of aromatic nitrogens is 1. The molecular weight excluding hydrogens is 334 g/mol. The maximum absolute atomic E-state index is 12.2. The van der Waals surface area contributed by atoms with Gasteiger partial charge in [-0.1, -0.05) is 12.1 Å². The highest BCUT2D eigenvalue weighted by Crippen LogP contribution is 2.19. The molecule has 0 aliphatic carbocycles. The van der Waals surface area contributed by atoms with E-state index in [0.717, 1.165) is 11.3 Å². The average Bonchev–Trinajstić information content (AvgIpc) is 2.92. The fourth-order valence-corrected chi connectivity index (χ4v) is 2.69. The number of ketones is 2. The zero-order valence-electron chi connectivity index (χ0n) is 15.2. The summed E-state index contributed by atoms with van der Waals surface area (Å²) in [5, 5.41) is 0. The van der Waals surface area contributed by atoms with E-state index in [9.17, 15) is 14.4 Å². The number of esters is 1. The number of ether oxygens (including phenoxy) is 2. The van der Waals surface area contributed by atoms with Gasteiger partial charge in [0.15, 0.2) is 12.4 Å². The molecule has 1 N–H and O–H groups in total. The van der Waals surface area contributed by atoms with Crippen LogP contribution in [0.5, 0.6) is 5.75 Å². The third kappa shape index (κ3) is 4.47. The quantitative estimate of drug-likeness (QED) is 0.468. The SMILES string of the molecule is COc1ccc(/C=C/C(=O)OCC(=O)c2[nH]c(C)c(C(C)=O)c2C)cc1. The first kappa shape index (κ1) is 19.2. The molecule has 0 unspecified atom stereocenters. The fraction of sp³-hybridized carbons (Fsp3) is 0.250. The van der Waals surface area contributed by atoms with Crippen molar-refractivity contribution in [3.63, 3.8) is 0 Å². The number of carbonyl (C=O) groups excluding carboxylic acids is 3. The van der Waals surface area contributed by atoms with Crippen molar-refractivity contribution in [3.8, 4) is 5.75 Å². The number of methoxy groups -OCH3 is 1. The smallest absolute Gasteiger partial charge is 0.331 e. The van der Waals surface area contributed by atoms with E-state index in [1.807, 2.05) is 0 Å². The predicted octanol–water partition coefficient (Wildman–Crippen LogP) is 3.28. The molecule has 0 spiro atoms. The van der Waals surface area contributed by atoms with Gasteiger partial charge in [-0.15, -0.1) is 0 Å². The highest BCUT2D eigenvalue weighted by molar-refractivity contribution is 6.04. The molecule has 1 heterocycles. The average molecular weight is 355 g/mol. The van der Waals surface area contributed by atoms with E-state index >= 15 is 0 Å². The molecule has 0 bridgehead atoms.